The Labute approximate surface area is 208 Å². The Morgan fingerprint density at radius 2 is 1.92 bits per heavy atom. The summed E-state index contributed by atoms with van der Waals surface area (Å²) in [5, 5.41) is 3.61. The number of aromatic amines is 1. The van der Waals surface area contributed by atoms with Crippen LogP contribution in [0.4, 0.5) is 10.2 Å². The highest BCUT2D eigenvalue weighted by molar-refractivity contribution is 6.00. The first-order chi connectivity index (χ1) is 17.1. The molecular weight excluding hydrogens is 457 g/mol. The lowest BCUT2D eigenvalue weighted by atomic mass is 9.95. The Balaban J connectivity index is 1.38. The molecule has 1 aliphatic heterocycles. The summed E-state index contributed by atoms with van der Waals surface area (Å²) < 4.78 is 15.0. The zero-order valence-corrected chi connectivity index (χ0v) is 20.9. The molecule has 1 saturated heterocycles. The van der Waals surface area contributed by atoms with Crippen molar-refractivity contribution in [3.63, 3.8) is 0 Å². The number of likely N-dealkylation sites (N-methyl/N-ethyl adjacent to an activating group) is 1. The summed E-state index contributed by atoms with van der Waals surface area (Å²) in [6.45, 7) is 5.59. The van der Waals surface area contributed by atoms with E-state index in [1.807, 2.05) is 32.0 Å². The summed E-state index contributed by atoms with van der Waals surface area (Å²) in [5.74, 6) is -0.401. The molecule has 1 fully saturated rings. The smallest absolute Gasteiger partial charge is 0.255 e. The van der Waals surface area contributed by atoms with Gasteiger partial charge in [0, 0.05) is 41.6 Å². The van der Waals surface area contributed by atoms with Crippen LogP contribution in [0.1, 0.15) is 36.2 Å². The number of carbonyl (C=O) groups is 1. The molecule has 2 aromatic heterocycles. The minimum Gasteiger partial charge on any atom is -0.355 e. The van der Waals surface area contributed by atoms with E-state index >= 15 is 4.39 Å². The molecule has 3 heterocycles. The SMILES string of the molecule is CN(C)[C@@H]1CCN(c2ccc(C(C)(C)NC(=O)c3cc4[nH]c5ccccc5c(=O)c4cc3F)cn2)C1. The minimum atomic E-state index is -0.794. The molecular formula is C28H30FN5O2. The van der Waals surface area contributed by atoms with Gasteiger partial charge in [0.25, 0.3) is 5.91 Å². The van der Waals surface area contributed by atoms with Crippen LogP contribution in [0.3, 0.4) is 0 Å². The number of H-pyrrole nitrogens is 1. The molecule has 186 valence electrons. The van der Waals surface area contributed by atoms with Gasteiger partial charge in [-0.2, -0.15) is 0 Å². The second-order valence-electron chi connectivity index (χ2n) is 10.2. The number of carbonyl (C=O) groups excluding carboxylic acids is 1. The topological polar surface area (TPSA) is 81.3 Å². The van der Waals surface area contributed by atoms with Gasteiger partial charge < -0.3 is 20.1 Å². The second-order valence-corrected chi connectivity index (χ2v) is 10.2. The van der Waals surface area contributed by atoms with Gasteiger partial charge in [0.1, 0.15) is 11.6 Å². The van der Waals surface area contributed by atoms with Crippen LogP contribution in [-0.2, 0) is 5.54 Å². The summed E-state index contributed by atoms with van der Waals surface area (Å²) in [6, 6.07) is 14.0. The highest BCUT2D eigenvalue weighted by Gasteiger charge is 2.28. The van der Waals surface area contributed by atoms with E-state index in [0.717, 1.165) is 37.0 Å². The van der Waals surface area contributed by atoms with E-state index in [-0.39, 0.29) is 16.4 Å². The summed E-state index contributed by atoms with van der Waals surface area (Å²) in [5.41, 5.74) is 0.663. The fourth-order valence-electron chi connectivity index (χ4n) is 4.86. The van der Waals surface area contributed by atoms with Gasteiger partial charge in [-0.3, -0.25) is 9.59 Å². The predicted octanol–water partition coefficient (Wildman–Crippen LogP) is 4.02. The van der Waals surface area contributed by atoms with E-state index in [0.29, 0.717) is 22.5 Å². The van der Waals surface area contributed by atoms with Crippen LogP contribution >= 0.6 is 0 Å². The normalized spacial score (nSPS) is 16.3. The van der Waals surface area contributed by atoms with Gasteiger partial charge in [0.05, 0.1) is 16.6 Å². The van der Waals surface area contributed by atoms with Crippen LogP contribution in [0.2, 0.25) is 0 Å². The number of rotatable bonds is 5. The molecule has 0 aliphatic carbocycles. The van der Waals surface area contributed by atoms with Gasteiger partial charge in [0.15, 0.2) is 5.43 Å². The summed E-state index contributed by atoms with van der Waals surface area (Å²) >= 11 is 0. The van der Waals surface area contributed by atoms with Crippen LogP contribution in [0.15, 0.2) is 59.5 Å². The largest absolute Gasteiger partial charge is 0.355 e. The maximum Gasteiger partial charge on any atom is 0.255 e. The van der Waals surface area contributed by atoms with Crippen LogP contribution in [0, 0.1) is 5.82 Å². The lowest BCUT2D eigenvalue weighted by molar-refractivity contribution is 0.0908. The molecule has 7 nitrogen and oxygen atoms in total. The van der Waals surface area contributed by atoms with Crippen molar-refractivity contribution in [1.82, 2.24) is 20.2 Å². The van der Waals surface area contributed by atoms with Crippen molar-refractivity contribution in [3.8, 4) is 0 Å². The lowest BCUT2D eigenvalue weighted by Gasteiger charge is -2.28. The number of anilines is 1. The average Bonchev–Trinajstić information content (AvgIpc) is 3.35. The standard InChI is InChI=1S/C28H30FN5O2/c1-28(2,17-9-10-25(30-15-17)34-12-11-18(16-34)33(3)4)32-27(36)20-14-24-21(13-22(20)29)26(35)19-7-5-6-8-23(19)31-24/h5-10,13-15,18H,11-12,16H2,1-4H3,(H,31,35)(H,32,36)/t18-/m1/s1. The fourth-order valence-corrected chi connectivity index (χ4v) is 4.86. The molecule has 0 saturated carbocycles. The third kappa shape index (κ3) is 4.33. The molecule has 0 bridgehead atoms. The van der Waals surface area contributed by atoms with Crippen molar-refractivity contribution in [2.45, 2.75) is 31.8 Å². The van der Waals surface area contributed by atoms with Crippen LogP contribution < -0.4 is 15.6 Å². The van der Waals surface area contributed by atoms with Crippen molar-refractivity contribution < 1.29 is 9.18 Å². The van der Waals surface area contributed by atoms with Crippen molar-refractivity contribution in [2.75, 3.05) is 32.1 Å². The number of amides is 1. The predicted molar refractivity (Wildman–Crippen MR) is 141 cm³/mol. The Morgan fingerprint density at radius 1 is 1.14 bits per heavy atom. The van der Waals surface area contributed by atoms with Gasteiger partial charge in [-0.15, -0.1) is 0 Å². The number of halogens is 1. The number of nitrogens with zero attached hydrogens (tertiary/aromatic N) is 3. The minimum absolute atomic E-state index is 0.127. The van der Waals surface area contributed by atoms with E-state index in [2.05, 4.69) is 39.2 Å². The van der Waals surface area contributed by atoms with Gasteiger partial charge in [-0.05, 0) is 70.3 Å². The molecule has 4 aromatic rings. The van der Waals surface area contributed by atoms with Gasteiger partial charge in [-0.1, -0.05) is 18.2 Å². The number of aromatic nitrogens is 2. The molecule has 1 amide bonds. The zero-order chi connectivity index (χ0) is 25.6. The summed E-state index contributed by atoms with van der Waals surface area (Å²) in [7, 11) is 4.18. The molecule has 2 N–H and O–H groups in total. The molecule has 1 atom stereocenters. The quantitative estimate of drug-likeness (QED) is 0.416. The number of pyridine rings is 2. The molecule has 5 rings (SSSR count). The van der Waals surface area contributed by atoms with Crippen LogP contribution in [0.25, 0.3) is 21.8 Å². The maximum absolute atomic E-state index is 15.0. The van der Waals surface area contributed by atoms with Gasteiger partial charge in [-0.25, -0.2) is 9.37 Å². The van der Waals surface area contributed by atoms with Crippen molar-refractivity contribution in [3.05, 3.63) is 81.9 Å². The van der Waals surface area contributed by atoms with E-state index in [4.69, 9.17) is 0 Å². The Bertz CT molecular complexity index is 1510. The van der Waals surface area contributed by atoms with E-state index in [9.17, 15) is 9.59 Å². The highest BCUT2D eigenvalue weighted by Crippen LogP contribution is 2.26. The Hall–Kier alpha value is -3.78. The zero-order valence-electron chi connectivity index (χ0n) is 20.9. The van der Waals surface area contributed by atoms with Gasteiger partial charge >= 0.3 is 0 Å². The van der Waals surface area contributed by atoms with E-state index < -0.39 is 17.3 Å². The first-order valence-electron chi connectivity index (χ1n) is 12.1. The van der Waals surface area contributed by atoms with Crippen molar-refractivity contribution >= 4 is 33.5 Å². The van der Waals surface area contributed by atoms with Crippen molar-refractivity contribution in [2.24, 2.45) is 0 Å². The second kappa shape index (κ2) is 9.02. The maximum atomic E-state index is 15.0. The van der Waals surface area contributed by atoms with Gasteiger partial charge in [0.2, 0.25) is 0 Å². The number of benzene rings is 2. The number of nitrogens with one attached hydrogen (secondary N) is 2. The number of hydrogen-bond donors (Lipinski definition) is 2. The Morgan fingerprint density at radius 3 is 2.61 bits per heavy atom. The number of hydrogen-bond acceptors (Lipinski definition) is 5. The number of fused-ring (bicyclic) bond motifs is 2. The molecule has 0 spiro atoms. The average molecular weight is 488 g/mol. The summed E-state index contributed by atoms with van der Waals surface area (Å²) in [6.07, 6.45) is 2.86. The third-order valence-corrected chi connectivity index (χ3v) is 7.15. The number of para-hydroxylation sites is 1. The molecule has 0 unspecified atom stereocenters. The highest BCUT2D eigenvalue weighted by atomic mass is 19.1. The first kappa shape index (κ1) is 23.9. The molecule has 1 aliphatic rings. The summed E-state index contributed by atoms with van der Waals surface area (Å²) in [4.78, 5) is 38.2. The van der Waals surface area contributed by atoms with Crippen LogP contribution in [0.5, 0.6) is 0 Å². The molecule has 36 heavy (non-hydrogen) atoms. The molecule has 8 heteroatoms. The van der Waals surface area contributed by atoms with E-state index in [1.165, 1.54) is 6.07 Å². The van der Waals surface area contributed by atoms with Crippen LogP contribution in [-0.4, -0.2) is 54.0 Å². The monoisotopic (exact) mass is 487 g/mol. The Kier molecular flexibility index (Phi) is 6.00. The molecule has 0 radical (unpaired) electrons. The molecule has 2 aromatic carbocycles. The lowest BCUT2D eigenvalue weighted by Crippen LogP contribution is -2.41. The fraction of sp³-hybridized carbons (Fsp3) is 0.321. The van der Waals surface area contributed by atoms with E-state index in [1.54, 1.807) is 24.4 Å². The third-order valence-electron chi connectivity index (χ3n) is 7.15. The first-order valence-corrected chi connectivity index (χ1v) is 12.1. The van der Waals surface area contributed by atoms with Crippen molar-refractivity contribution in [1.29, 1.82) is 0 Å².